The van der Waals surface area contributed by atoms with Gasteiger partial charge in [0.2, 0.25) is 0 Å². The lowest BCUT2D eigenvalue weighted by Crippen LogP contribution is -2.49. The Balaban J connectivity index is 2.06. The molecule has 0 spiro atoms. The Morgan fingerprint density at radius 1 is 1.12 bits per heavy atom. The number of hydrogen-bond donors (Lipinski definition) is 1. The van der Waals surface area contributed by atoms with Gasteiger partial charge in [-0.1, -0.05) is 23.8 Å². The molecule has 2 aromatic carbocycles. The quantitative estimate of drug-likeness (QED) is 0.449. The molecule has 1 aliphatic heterocycles. The van der Waals surface area contributed by atoms with Crippen molar-refractivity contribution in [1.82, 2.24) is 10.2 Å². The molecule has 0 fully saturated rings. The summed E-state index contributed by atoms with van der Waals surface area (Å²) in [5.41, 5.74) is 3.90. The molecule has 1 atom stereocenters. The van der Waals surface area contributed by atoms with Gasteiger partial charge in [-0.05, 0) is 69.3 Å². The molecule has 2 amide bonds. The number of amides is 2. The summed E-state index contributed by atoms with van der Waals surface area (Å²) in [4.78, 5) is 28.8. The molecule has 1 heterocycles. The van der Waals surface area contributed by atoms with E-state index in [9.17, 15) is 9.59 Å². The molecule has 170 valence electrons. The van der Waals surface area contributed by atoms with Crippen LogP contribution in [0.5, 0.6) is 5.75 Å². The highest BCUT2D eigenvalue weighted by Gasteiger charge is 2.38. The molecule has 0 unspecified atom stereocenters. The van der Waals surface area contributed by atoms with Gasteiger partial charge in [0.1, 0.15) is 12.4 Å². The van der Waals surface area contributed by atoms with Gasteiger partial charge in [0.15, 0.2) is 0 Å². The summed E-state index contributed by atoms with van der Waals surface area (Å²) in [5.74, 6) is 0.218. The topological polar surface area (TPSA) is 67.9 Å². The summed E-state index contributed by atoms with van der Waals surface area (Å²) < 4.78 is 11.4. The van der Waals surface area contributed by atoms with Crippen molar-refractivity contribution in [2.45, 2.75) is 38.6 Å². The maximum absolute atomic E-state index is 13.1. The summed E-state index contributed by atoms with van der Waals surface area (Å²) in [5, 5.41) is 3.00. The molecule has 0 saturated carbocycles. The molecule has 0 saturated heterocycles. The monoisotopic (exact) mass is 454 g/mol. The molecule has 6 nitrogen and oxygen atoms in total. The van der Waals surface area contributed by atoms with Crippen molar-refractivity contribution in [2.24, 2.45) is 0 Å². The normalized spacial score (nSPS) is 16.1. The second-order valence-electron chi connectivity index (χ2n) is 7.53. The Morgan fingerprint density at radius 2 is 1.84 bits per heavy atom. The van der Waals surface area contributed by atoms with Crippen molar-refractivity contribution in [3.05, 3.63) is 70.4 Å². The van der Waals surface area contributed by atoms with Gasteiger partial charge in [-0.2, -0.15) is 0 Å². The van der Waals surface area contributed by atoms with Crippen LogP contribution in [0.15, 0.2) is 58.6 Å². The first-order chi connectivity index (χ1) is 15.4. The van der Waals surface area contributed by atoms with E-state index < -0.39 is 12.0 Å². The number of thioether (sulfide) groups is 1. The number of likely N-dealkylation sites (N-methyl/N-ethyl adjacent to an activating group) is 1. The molecular weight excluding hydrogens is 424 g/mol. The van der Waals surface area contributed by atoms with Crippen LogP contribution in [0.3, 0.4) is 0 Å². The first-order valence-electron chi connectivity index (χ1n) is 10.7. The summed E-state index contributed by atoms with van der Waals surface area (Å²) in [6.45, 7) is 8.35. The molecule has 1 aliphatic rings. The van der Waals surface area contributed by atoms with Crippen molar-refractivity contribution < 1.29 is 19.1 Å². The first-order valence-corrected chi connectivity index (χ1v) is 11.9. The summed E-state index contributed by atoms with van der Waals surface area (Å²) in [7, 11) is 0. The summed E-state index contributed by atoms with van der Waals surface area (Å²) in [6.07, 6.45) is 2.01. The van der Waals surface area contributed by atoms with Gasteiger partial charge in [0, 0.05) is 11.4 Å². The molecule has 1 N–H and O–H groups in total. The minimum atomic E-state index is -0.609. The van der Waals surface area contributed by atoms with Crippen molar-refractivity contribution in [2.75, 3.05) is 26.0 Å². The van der Waals surface area contributed by atoms with E-state index >= 15 is 0 Å². The van der Waals surface area contributed by atoms with Crippen molar-refractivity contribution in [3.63, 3.8) is 0 Å². The summed E-state index contributed by atoms with van der Waals surface area (Å²) in [6, 6.07) is 12.8. The molecular formula is C25H30N2O4S. The smallest absolute Gasteiger partial charge is 0.338 e. The number of carbonyl (C=O) groups excluding carboxylic acids is 2. The van der Waals surface area contributed by atoms with Crippen LogP contribution in [0.2, 0.25) is 0 Å². The zero-order chi connectivity index (χ0) is 23.3. The van der Waals surface area contributed by atoms with Crippen molar-refractivity contribution >= 4 is 23.8 Å². The highest BCUT2D eigenvalue weighted by molar-refractivity contribution is 7.98. The van der Waals surface area contributed by atoms with Crippen LogP contribution in [0.1, 0.15) is 36.6 Å². The lowest BCUT2D eigenvalue weighted by atomic mass is 9.91. The van der Waals surface area contributed by atoms with Crippen LogP contribution in [-0.4, -0.2) is 42.9 Å². The van der Waals surface area contributed by atoms with E-state index in [1.165, 1.54) is 0 Å². The third kappa shape index (κ3) is 5.10. The molecule has 2 aromatic rings. The summed E-state index contributed by atoms with van der Waals surface area (Å²) >= 11 is 1.65. The Bertz CT molecular complexity index is 1020. The zero-order valence-electron chi connectivity index (χ0n) is 19.2. The second-order valence-corrected chi connectivity index (χ2v) is 8.41. The number of aryl methyl sites for hydroxylation is 2. The molecule has 0 bridgehead atoms. The standard InChI is InChI=1S/C25H30N2O4S/c1-6-27-21(15-31-18-9-11-19(32-5)12-10-18)22(24(28)30-7-2)23(26-25(27)29)20-13-8-16(3)14-17(20)4/h8-14,23H,6-7,15H2,1-5H3,(H,26,29)/t23-/m1/s1. The zero-order valence-corrected chi connectivity index (χ0v) is 20.0. The van der Waals surface area contributed by atoms with Crippen LogP contribution in [-0.2, 0) is 9.53 Å². The largest absolute Gasteiger partial charge is 0.487 e. The van der Waals surface area contributed by atoms with E-state index in [1.54, 1.807) is 23.6 Å². The predicted octanol–water partition coefficient (Wildman–Crippen LogP) is 5.01. The maximum Gasteiger partial charge on any atom is 0.338 e. The lowest BCUT2D eigenvalue weighted by molar-refractivity contribution is -0.139. The fraction of sp³-hybridized carbons (Fsp3) is 0.360. The number of esters is 1. The molecule has 32 heavy (non-hydrogen) atoms. The number of hydrogen-bond acceptors (Lipinski definition) is 5. The van der Waals surface area contributed by atoms with Gasteiger partial charge in [0.25, 0.3) is 0 Å². The Kier molecular flexibility index (Phi) is 7.85. The molecule has 0 radical (unpaired) electrons. The SMILES string of the molecule is CCOC(=O)C1=C(COc2ccc(SC)cc2)N(CC)C(=O)N[C@@H]1c1ccc(C)cc1C. The van der Waals surface area contributed by atoms with Gasteiger partial charge < -0.3 is 14.8 Å². The highest BCUT2D eigenvalue weighted by atomic mass is 32.2. The van der Waals surface area contributed by atoms with Crippen molar-refractivity contribution in [3.8, 4) is 5.75 Å². The second kappa shape index (κ2) is 10.6. The van der Waals surface area contributed by atoms with E-state index in [1.807, 2.05) is 69.5 Å². The number of rotatable bonds is 8. The highest BCUT2D eigenvalue weighted by Crippen LogP contribution is 2.34. The van der Waals surface area contributed by atoms with Crippen LogP contribution in [0.4, 0.5) is 4.79 Å². The van der Waals surface area contributed by atoms with Gasteiger partial charge in [-0.25, -0.2) is 9.59 Å². The molecule has 0 aromatic heterocycles. The van der Waals surface area contributed by atoms with E-state index in [0.717, 1.165) is 21.6 Å². The van der Waals surface area contributed by atoms with Gasteiger partial charge in [-0.3, -0.25) is 4.90 Å². The van der Waals surface area contributed by atoms with Crippen LogP contribution in [0, 0.1) is 13.8 Å². The predicted molar refractivity (Wildman–Crippen MR) is 127 cm³/mol. The number of urea groups is 1. The van der Waals surface area contributed by atoms with Gasteiger partial charge in [0.05, 0.1) is 23.9 Å². The third-order valence-electron chi connectivity index (χ3n) is 5.42. The average Bonchev–Trinajstić information content (AvgIpc) is 2.77. The van der Waals surface area contributed by atoms with Crippen molar-refractivity contribution in [1.29, 1.82) is 0 Å². The van der Waals surface area contributed by atoms with E-state index in [0.29, 0.717) is 23.6 Å². The number of benzene rings is 2. The van der Waals surface area contributed by atoms with Crippen LogP contribution < -0.4 is 10.1 Å². The minimum absolute atomic E-state index is 0.0788. The fourth-order valence-electron chi connectivity index (χ4n) is 3.85. The van der Waals surface area contributed by atoms with E-state index in [-0.39, 0.29) is 19.2 Å². The maximum atomic E-state index is 13.1. The Labute approximate surface area is 194 Å². The van der Waals surface area contributed by atoms with Gasteiger partial charge >= 0.3 is 12.0 Å². The third-order valence-corrected chi connectivity index (χ3v) is 6.16. The van der Waals surface area contributed by atoms with Gasteiger partial charge in [-0.15, -0.1) is 11.8 Å². The number of nitrogens with zero attached hydrogens (tertiary/aromatic N) is 1. The minimum Gasteiger partial charge on any atom is -0.487 e. The lowest BCUT2D eigenvalue weighted by Gasteiger charge is -2.36. The number of ether oxygens (including phenoxy) is 2. The van der Waals surface area contributed by atoms with Crippen LogP contribution >= 0.6 is 11.8 Å². The van der Waals surface area contributed by atoms with E-state index in [2.05, 4.69) is 5.32 Å². The molecule has 7 heteroatoms. The molecule has 0 aliphatic carbocycles. The average molecular weight is 455 g/mol. The number of carbonyl (C=O) groups is 2. The molecule has 3 rings (SSSR count). The number of nitrogens with one attached hydrogen (secondary N) is 1. The Hall–Kier alpha value is -2.93. The Morgan fingerprint density at radius 3 is 2.44 bits per heavy atom. The van der Waals surface area contributed by atoms with Crippen LogP contribution in [0.25, 0.3) is 0 Å². The van der Waals surface area contributed by atoms with E-state index in [4.69, 9.17) is 9.47 Å². The first kappa shape index (κ1) is 23.7. The fourth-order valence-corrected chi connectivity index (χ4v) is 4.26.